The first kappa shape index (κ1) is 26.6. The van der Waals surface area contributed by atoms with Crippen LogP contribution in [0.15, 0.2) is 84.9 Å². The van der Waals surface area contributed by atoms with Gasteiger partial charge in [-0.3, -0.25) is 24.5 Å². The molecule has 40 heavy (non-hydrogen) atoms. The van der Waals surface area contributed by atoms with E-state index in [0.29, 0.717) is 34.2 Å². The van der Waals surface area contributed by atoms with E-state index in [1.807, 2.05) is 50.2 Å². The number of methoxy groups -OCH3 is 1. The third-order valence-electron chi connectivity index (χ3n) is 6.84. The Morgan fingerprint density at radius 2 is 1.50 bits per heavy atom. The molecule has 2 heterocycles. The molecule has 1 saturated heterocycles. The maximum atomic E-state index is 13.0. The lowest BCUT2D eigenvalue weighted by atomic mass is 10.1. The van der Waals surface area contributed by atoms with E-state index in [1.54, 1.807) is 65.2 Å². The average Bonchev–Trinajstić information content (AvgIpc) is 3.51. The van der Waals surface area contributed by atoms with Crippen LogP contribution in [0.25, 0.3) is 0 Å². The number of ether oxygens (including phenoxy) is 2. The molecular weight excluding hydrogens is 508 g/mol. The van der Waals surface area contributed by atoms with E-state index in [-0.39, 0.29) is 30.7 Å². The minimum absolute atomic E-state index is 0.112. The third kappa shape index (κ3) is 5.68. The zero-order valence-corrected chi connectivity index (χ0v) is 22.5. The Morgan fingerprint density at radius 1 is 0.850 bits per heavy atom. The van der Waals surface area contributed by atoms with Gasteiger partial charge in [0.05, 0.1) is 13.0 Å². The lowest BCUT2D eigenvalue weighted by Gasteiger charge is -2.17. The average molecular weight is 539 g/mol. The first-order chi connectivity index (χ1) is 19.3. The van der Waals surface area contributed by atoms with E-state index in [1.165, 1.54) is 0 Å². The molecule has 3 amide bonds. The highest BCUT2D eigenvalue weighted by molar-refractivity contribution is 6.04. The number of hydrogen-bond acceptors (Lipinski definition) is 5. The minimum Gasteiger partial charge on any atom is -0.493 e. The van der Waals surface area contributed by atoms with Gasteiger partial charge in [0.2, 0.25) is 11.8 Å². The Hall–Kier alpha value is -5.05. The zero-order valence-electron chi connectivity index (χ0n) is 22.5. The number of carbonyl (C=O) groups is 3. The zero-order chi connectivity index (χ0) is 28.2. The summed E-state index contributed by atoms with van der Waals surface area (Å²) in [6.07, 6.45) is 0.112. The second-order valence-electron chi connectivity index (χ2n) is 9.61. The van der Waals surface area contributed by atoms with E-state index in [0.717, 1.165) is 11.4 Å². The highest BCUT2D eigenvalue weighted by Crippen LogP contribution is 2.33. The summed E-state index contributed by atoms with van der Waals surface area (Å²) in [5.74, 6) is 0.687. The molecule has 0 bridgehead atoms. The van der Waals surface area contributed by atoms with Crippen molar-refractivity contribution < 1.29 is 23.9 Å². The van der Waals surface area contributed by atoms with Crippen LogP contribution in [0.5, 0.6) is 17.2 Å². The normalized spacial score (nSPS) is 14.6. The smallest absolute Gasteiger partial charge is 0.270 e. The number of aryl methyl sites for hydroxylation is 2. The molecule has 1 aliphatic heterocycles. The lowest BCUT2D eigenvalue weighted by molar-refractivity contribution is -0.122. The molecule has 0 unspecified atom stereocenters. The molecule has 0 radical (unpaired) electrons. The van der Waals surface area contributed by atoms with E-state index in [2.05, 4.69) is 10.7 Å². The Labute approximate surface area is 232 Å². The number of anilines is 2. The van der Waals surface area contributed by atoms with Crippen molar-refractivity contribution in [1.82, 2.24) is 4.68 Å². The summed E-state index contributed by atoms with van der Waals surface area (Å²) in [4.78, 5) is 39.9. The van der Waals surface area contributed by atoms with Gasteiger partial charge in [0.15, 0.2) is 11.5 Å². The van der Waals surface area contributed by atoms with Crippen LogP contribution >= 0.6 is 0 Å². The van der Waals surface area contributed by atoms with Gasteiger partial charge in [-0.2, -0.15) is 0 Å². The van der Waals surface area contributed by atoms with Crippen LogP contribution in [0.4, 0.5) is 11.4 Å². The second kappa shape index (κ2) is 11.4. The van der Waals surface area contributed by atoms with Gasteiger partial charge in [-0.1, -0.05) is 12.1 Å². The van der Waals surface area contributed by atoms with Gasteiger partial charge in [-0.15, -0.1) is 0 Å². The Kier molecular flexibility index (Phi) is 7.54. The number of amides is 3. The number of nitrogens with one attached hydrogen (secondary N) is 2. The monoisotopic (exact) mass is 538 g/mol. The van der Waals surface area contributed by atoms with Crippen LogP contribution in [0.3, 0.4) is 0 Å². The third-order valence-corrected chi connectivity index (χ3v) is 6.84. The second-order valence-corrected chi connectivity index (χ2v) is 9.61. The summed E-state index contributed by atoms with van der Waals surface area (Å²) in [5, 5.41) is 2.87. The highest BCUT2D eigenvalue weighted by Gasteiger charge is 2.35. The fraction of sp³-hybridized carbons (Fsp3) is 0.194. The maximum Gasteiger partial charge on any atom is 0.270 e. The molecule has 0 saturated carbocycles. The lowest BCUT2D eigenvalue weighted by Crippen LogP contribution is -2.28. The molecule has 2 N–H and O–H groups in total. The van der Waals surface area contributed by atoms with Crippen LogP contribution in [-0.4, -0.2) is 36.1 Å². The molecule has 1 fully saturated rings. The van der Waals surface area contributed by atoms with E-state index >= 15 is 0 Å². The van der Waals surface area contributed by atoms with Crippen LogP contribution in [0.1, 0.15) is 28.2 Å². The van der Waals surface area contributed by atoms with Crippen LogP contribution in [-0.2, 0) is 9.59 Å². The molecule has 1 aromatic heterocycles. The van der Waals surface area contributed by atoms with Gasteiger partial charge in [0.1, 0.15) is 5.75 Å². The van der Waals surface area contributed by atoms with Crippen molar-refractivity contribution in [2.75, 3.05) is 29.3 Å². The van der Waals surface area contributed by atoms with Gasteiger partial charge in [-0.05, 0) is 86.6 Å². The molecule has 4 aromatic rings. The van der Waals surface area contributed by atoms with Crippen LogP contribution in [0.2, 0.25) is 0 Å². The molecule has 0 aliphatic carbocycles. The number of nitrogens with zero attached hydrogens (tertiary/aromatic N) is 2. The maximum absolute atomic E-state index is 13.0. The molecule has 9 nitrogen and oxygen atoms in total. The Balaban J connectivity index is 1.17. The number of rotatable bonds is 8. The Morgan fingerprint density at radius 3 is 2.15 bits per heavy atom. The molecule has 1 atom stereocenters. The standard InChI is InChI=1S/C31H30N4O5/c1-20-8-9-21(2)35(20)33-31(38)22-10-12-24(13-11-22)32-30(37)23-18-29(36)34(19-23)25-14-16-26(17-15-25)40-28-7-5-4-6-27(28)39-3/h4-17,23H,18-19H2,1-3H3,(H,32,37)(H,33,38)/t23-/m1/s1. The van der Waals surface area contributed by atoms with Crippen molar-refractivity contribution in [3.63, 3.8) is 0 Å². The van der Waals surface area contributed by atoms with Crippen molar-refractivity contribution >= 4 is 29.1 Å². The van der Waals surface area contributed by atoms with Crippen molar-refractivity contribution in [2.24, 2.45) is 5.92 Å². The first-order valence-corrected chi connectivity index (χ1v) is 12.9. The number of aromatic nitrogens is 1. The van der Waals surface area contributed by atoms with Gasteiger partial charge in [0, 0.05) is 41.3 Å². The fourth-order valence-corrected chi connectivity index (χ4v) is 4.62. The van der Waals surface area contributed by atoms with Crippen molar-refractivity contribution in [1.29, 1.82) is 0 Å². The molecule has 3 aromatic carbocycles. The quantitative estimate of drug-likeness (QED) is 0.318. The summed E-state index contributed by atoms with van der Waals surface area (Å²) in [7, 11) is 1.58. The van der Waals surface area contributed by atoms with Crippen LogP contribution in [0, 0.1) is 19.8 Å². The molecule has 9 heteroatoms. The van der Waals surface area contributed by atoms with Crippen LogP contribution < -0.4 is 25.1 Å². The van der Waals surface area contributed by atoms with Gasteiger partial charge >= 0.3 is 0 Å². The first-order valence-electron chi connectivity index (χ1n) is 12.9. The van der Waals surface area contributed by atoms with Crippen molar-refractivity contribution in [3.05, 3.63) is 102 Å². The molecular formula is C31H30N4O5. The van der Waals surface area contributed by atoms with E-state index in [9.17, 15) is 14.4 Å². The summed E-state index contributed by atoms with van der Waals surface area (Å²) in [5.41, 5.74) is 6.41. The summed E-state index contributed by atoms with van der Waals surface area (Å²) < 4.78 is 13.0. The molecule has 1 aliphatic rings. The largest absolute Gasteiger partial charge is 0.493 e. The van der Waals surface area contributed by atoms with Gasteiger partial charge in [-0.25, -0.2) is 0 Å². The fourth-order valence-electron chi connectivity index (χ4n) is 4.62. The summed E-state index contributed by atoms with van der Waals surface area (Å²) in [6, 6.07) is 25.0. The number of benzene rings is 3. The number of hydrogen-bond donors (Lipinski definition) is 2. The van der Waals surface area contributed by atoms with E-state index in [4.69, 9.17) is 9.47 Å². The van der Waals surface area contributed by atoms with Gasteiger partial charge in [0.25, 0.3) is 5.91 Å². The van der Waals surface area contributed by atoms with Crippen molar-refractivity contribution in [2.45, 2.75) is 20.3 Å². The van der Waals surface area contributed by atoms with E-state index < -0.39 is 5.92 Å². The topological polar surface area (TPSA) is 102 Å². The molecule has 5 rings (SSSR count). The molecule has 204 valence electrons. The van der Waals surface area contributed by atoms with Gasteiger partial charge < -0.3 is 19.7 Å². The predicted octanol–water partition coefficient (Wildman–Crippen LogP) is 5.28. The summed E-state index contributed by atoms with van der Waals surface area (Å²) in [6.45, 7) is 4.09. The predicted molar refractivity (Wildman–Crippen MR) is 153 cm³/mol. The van der Waals surface area contributed by atoms with Crippen molar-refractivity contribution in [3.8, 4) is 17.2 Å². The number of para-hydroxylation sites is 2. The number of carbonyl (C=O) groups excluding carboxylic acids is 3. The SMILES string of the molecule is COc1ccccc1Oc1ccc(N2C[C@H](C(=O)Nc3ccc(C(=O)Nn4c(C)ccc4C)cc3)CC2=O)cc1. The summed E-state index contributed by atoms with van der Waals surface area (Å²) >= 11 is 0. The highest BCUT2D eigenvalue weighted by atomic mass is 16.5. The molecule has 0 spiro atoms. The minimum atomic E-state index is -0.500. The Bertz CT molecular complexity index is 1520.